The van der Waals surface area contributed by atoms with Gasteiger partial charge in [-0.25, -0.2) is 0 Å². The molecule has 7 heteroatoms. The zero-order valence-corrected chi connectivity index (χ0v) is 13.3. The van der Waals surface area contributed by atoms with Crippen LogP contribution in [0.3, 0.4) is 0 Å². The molecule has 1 aromatic heterocycles. The molecule has 1 aliphatic heterocycles. The molecule has 1 aromatic rings. The van der Waals surface area contributed by atoms with Crippen molar-refractivity contribution >= 4 is 23.5 Å². The Morgan fingerprint density at radius 2 is 1.75 bits per heavy atom. The lowest BCUT2D eigenvalue weighted by Gasteiger charge is -2.35. The van der Waals surface area contributed by atoms with Gasteiger partial charge in [-0.15, -0.1) is 0 Å². The number of aromatic nitrogens is 3. The molecule has 112 valence electrons. The molecule has 2 atom stereocenters. The van der Waals surface area contributed by atoms with Crippen LogP contribution < -0.4 is 9.80 Å². The van der Waals surface area contributed by atoms with E-state index in [4.69, 9.17) is 16.3 Å². The smallest absolute Gasteiger partial charge is 0.231 e. The fraction of sp³-hybridized carbons (Fsp3) is 0.769. The normalized spacial score (nSPS) is 22.9. The van der Waals surface area contributed by atoms with Crippen LogP contribution in [-0.2, 0) is 4.74 Å². The summed E-state index contributed by atoms with van der Waals surface area (Å²) in [4.78, 5) is 17.2. The van der Waals surface area contributed by atoms with Crippen LogP contribution in [-0.4, -0.2) is 53.3 Å². The Morgan fingerprint density at radius 1 is 1.15 bits per heavy atom. The third-order valence-electron chi connectivity index (χ3n) is 3.33. The number of rotatable bonds is 4. The zero-order chi connectivity index (χ0) is 14.7. The van der Waals surface area contributed by atoms with Gasteiger partial charge in [0.05, 0.1) is 12.2 Å². The number of hydrogen-bond donors (Lipinski definition) is 0. The van der Waals surface area contributed by atoms with Crippen molar-refractivity contribution in [2.24, 2.45) is 0 Å². The number of ether oxygens (including phenoxy) is 1. The third-order valence-corrected chi connectivity index (χ3v) is 3.50. The van der Waals surface area contributed by atoms with E-state index in [2.05, 4.69) is 52.4 Å². The highest BCUT2D eigenvalue weighted by atomic mass is 35.5. The average molecular weight is 300 g/mol. The Morgan fingerprint density at radius 3 is 2.30 bits per heavy atom. The average Bonchev–Trinajstić information content (AvgIpc) is 2.38. The maximum absolute atomic E-state index is 6.05. The number of nitrogens with zero attached hydrogens (tertiary/aromatic N) is 5. The molecule has 0 amide bonds. The van der Waals surface area contributed by atoms with E-state index in [1.54, 1.807) is 0 Å². The van der Waals surface area contributed by atoms with Crippen molar-refractivity contribution in [3.63, 3.8) is 0 Å². The molecule has 2 heterocycles. The standard InChI is InChI=1S/C13H22ClN5O/c1-5-18(6-2)12-15-11(14)16-13(17-12)19-7-9(3)20-10(4)8-19/h9-10H,5-8H2,1-4H3/t9-,10+. The lowest BCUT2D eigenvalue weighted by Crippen LogP contribution is -2.46. The maximum Gasteiger partial charge on any atom is 0.231 e. The van der Waals surface area contributed by atoms with Gasteiger partial charge >= 0.3 is 0 Å². The molecule has 1 saturated heterocycles. The molecule has 0 spiro atoms. The van der Waals surface area contributed by atoms with Gasteiger partial charge in [0.25, 0.3) is 0 Å². The van der Waals surface area contributed by atoms with E-state index in [0.29, 0.717) is 11.9 Å². The topological polar surface area (TPSA) is 54.4 Å². The first-order valence-corrected chi connectivity index (χ1v) is 7.48. The molecule has 6 nitrogen and oxygen atoms in total. The van der Waals surface area contributed by atoms with Crippen molar-refractivity contribution in [3.05, 3.63) is 5.28 Å². The second-order valence-electron chi connectivity index (χ2n) is 5.04. The lowest BCUT2D eigenvalue weighted by molar-refractivity contribution is -0.00572. The summed E-state index contributed by atoms with van der Waals surface area (Å²) in [6, 6.07) is 0. The predicted octanol–water partition coefficient (Wildman–Crippen LogP) is 1.98. The molecule has 0 aromatic carbocycles. The summed E-state index contributed by atoms with van der Waals surface area (Å²) in [7, 11) is 0. The molecule has 0 aliphatic carbocycles. The molecule has 0 N–H and O–H groups in total. The molecular weight excluding hydrogens is 278 g/mol. The van der Waals surface area contributed by atoms with Crippen molar-refractivity contribution in [1.82, 2.24) is 15.0 Å². The van der Waals surface area contributed by atoms with Crippen LogP contribution in [0.15, 0.2) is 0 Å². The van der Waals surface area contributed by atoms with Crippen molar-refractivity contribution in [2.45, 2.75) is 39.9 Å². The molecule has 2 rings (SSSR count). The van der Waals surface area contributed by atoms with E-state index in [1.807, 2.05) is 0 Å². The van der Waals surface area contributed by atoms with Crippen molar-refractivity contribution < 1.29 is 4.74 Å². The summed E-state index contributed by atoms with van der Waals surface area (Å²) in [6.45, 7) is 11.5. The van der Waals surface area contributed by atoms with E-state index in [1.165, 1.54) is 0 Å². The number of anilines is 2. The van der Waals surface area contributed by atoms with Gasteiger partial charge in [0.2, 0.25) is 17.2 Å². The molecule has 0 radical (unpaired) electrons. The van der Waals surface area contributed by atoms with Gasteiger partial charge in [0, 0.05) is 26.2 Å². The molecule has 1 aliphatic rings. The fourth-order valence-electron chi connectivity index (χ4n) is 2.46. The minimum atomic E-state index is 0.159. The zero-order valence-electron chi connectivity index (χ0n) is 12.5. The molecule has 1 fully saturated rings. The minimum Gasteiger partial charge on any atom is -0.372 e. The summed E-state index contributed by atoms with van der Waals surface area (Å²) in [5.41, 5.74) is 0. The summed E-state index contributed by atoms with van der Waals surface area (Å²) >= 11 is 6.05. The predicted molar refractivity (Wildman–Crippen MR) is 80.6 cm³/mol. The maximum atomic E-state index is 6.05. The summed E-state index contributed by atoms with van der Waals surface area (Å²) in [5, 5.41) is 0.240. The third kappa shape index (κ3) is 3.49. The highest BCUT2D eigenvalue weighted by Crippen LogP contribution is 2.20. The first-order chi connectivity index (χ1) is 9.53. The van der Waals surface area contributed by atoms with Crippen LogP contribution in [0.5, 0.6) is 0 Å². The van der Waals surface area contributed by atoms with E-state index >= 15 is 0 Å². The van der Waals surface area contributed by atoms with Crippen molar-refractivity contribution in [2.75, 3.05) is 36.0 Å². The van der Waals surface area contributed by atoms with Gasteiger partial charge in [0.1, 0.15) is 0 Å². The van der Waals surface area contributed by atoms with Gasteiger partial charge in [0.15, 0.2) is 0 Å². The summed E-state index contributed by atoms with van der Waals surface area (Å²) in [5.74, 6) is 1.27. The second-order valence-corrected chi connectivity index (χ2v) is 5.38. The Kier molecular flexibility index (Phi) is 4.99. The molecule has 20 heavy (non-hydrogen) atoms. The Hall–Kier alpha value is -1.14. The van der Waals surface area contributed by atoms with Crippen LogP contribution >= 0.6 is 11.6 Å². The van der Waals surface area contributed by atoms with Gasteiger partial charge in [-0.1, -0.05) is 0 Å². The van der Waals surface area contributed by atoms with Gasteiger partial charge < -0.3 is 14.5 Å². The molecular formula is C13H22ClN5O. The van der Waals surface area contributed by atoms with Crippen molar-refractivity contribution in [1.29, 1.82) is 0 Å². The van der Waals surface area contributed by atoms with Gasteiger partial charge in [-0.05, 0) is 39.3 Å². The van der Waals surface area contributed by atoms with Crippen LogP contribution in [0.4, 0.5) is 11.9 Å². The Bertz CT molecular complexity index is 444. The quantitative estimate of drug-likeness (QED) is 0.847. The molecule has 0 unspecified atom stereocenters. The van der Waals surface area contributed by atoms with Crippen molar-refractivity contribution in [3.8, 4) is 0 Å². The van der Waals surface area contributed by atoms with Crippen LogP contribution in [0.25, 0.3) is 0 Å². The minimum absolute atomic E-state index is 0.159. The second kappa shape index (κ2) is 6.54. The Labute approximate surface area is 125 Å². The van der Waals surface area contributed by atoms with Gasteiger partial charge in [-0.3, -0.25) is 0 Å². The van der Waals surface area contributed by atoms with E-state index in [0.717, 1.165) is 26.2 Å². The first kappa shape index (κ1) is 15.3. The SMILES string of the molecule is CCN(CC)c1nc(Cl)nc(N2C[C@@H](C)O[C@@H](C)C2)n1. The van der Waals surface area contributed by atoms with Gasteiger partial charge in [-0.2, -0.15) is 15.0 Å². The first-order valence-electron chi connectivity index (χ1n) is 7.10. The Balaban J connectivity index is 2.27. The van der Waals surface area contributed by atoms with E-state index in [-0.39, 0.29) is 17.5 Å². The summed E-state index contributed by atoms with van der Waals surface area (Å²) in [6.07, 6.45) is 0.317. The highest BCUT2D eigenvalue weighted by Gasteiger charge is 2.25. The number of halogens is 1. The molecule has 0 saturated carbocycles. The number of hydrogen-bond acceptors (Lipinski definition) is 6. The van der Waals surface area contributed by atoms with Crippen LogP contribution in [0.2, 0.25) is 5.28 Å². The lowest BCUT2D eigenvalue weighted by atomic mass is 10.2. The van der Waals surface area contributed by atoms with Crippen LogP contribution in [0, 0.1) is 0 Å². The van der Waals surface area contributed by atoms with E-state index in [9.17, 15) is 0 Å². The number of morpholine rings is 1. The largest absolute Gasteiger partial charge is 0.372 e. The monoisotopic (exact) mass is 299 g/mol. The fourth-order valence-corrected chi connectivity index (χ4v) is 2.61. The highest BCUT2D eigenvalue weighted by molar-refractivity contribution is 6.28. The summed E-state index contributed by atoms with van der Waals surface area (Å²) < 4.78 is 5.73. The molecule has 0 bridgehead atoms. The van der Waals surface area contributed by atoms with E-state index < -0.39 is 0 Å². The van der Waals surface area contributed by atoms with Crippen LogP contribution in [0.1, 0.15) is 27.7 Å².